The molecule has 0 aliphatic carbocycles. The zero-order valence-corrected chi connectivity index (χ0v) is 15.8. The highest BCUT2D eigenvalue weighted by molar-refractivity contribution is 9.11. The summed E-state index contributed by atoms with van der Waals surface area (Å²) in [6.45, 7) is 0. The summed E-state index contributed by atoms with van der Waals surface area (Å²) in [5.41, 5.74) is 0. The molecular weight excluding hydrogens is 447 g/mol. The first kappa shape index (κ1) is 14.8. The van der Waals surface area contributed by atoms with Crippen LogP contribution in [0.4, 0.5) is 0 Å². The van der Waals surface area contributed by atoms with Crippen LogP contribution >= 0.6 is 55.1 Å². The Morgan fingerprint density at radius 3 is 2.18 bits per heavy atom. The summed E-state index contributed by atoms with van der Waals surface area (Å²) in [6, 6.07) is 16.2. The van der Waals surface area contributed by atoms with Crippen molar-refractivity contribution < 1.29 is 0 Å². The van der Waals surface area contributed by atoms with Gasteiger partial charge in [-0.25, -0.2) is 0 Å². The predicted molar refractivity (Wildman–Crippen MR) is 104 cm³/mol. The van der Waals surface area contributed by atoms with Crippen LogP contribution in [0.1, 0.15) is 0 Å². The summed E-state index contributed by atoms with van der Waals surface area (Å²) < 4.78 is 2.02. The van der Waals surface area contributed by atoms with Crippen molar-refractivity contribution >= 4 is 87.4 Å². The largest absolute Gasteiger partial charge is 0.0843 e. The van der Waals surface area contributed by atoms with E-state index in [0.717, 1.165) is 40.5 Å². The Hall–Kier alpha value is -0.800. The third kappa shape index (κ3) is 2.16. The van der Waals surface area contributed by atoms with Gasteiger partial charge in [0.05, 0.1) is 0 Å². The van der Waals surface area contributed by atoms with Gasteiger partial charge in [-0.3, -0.25) is 0 Å². The average Bonchev–Trinajstić information content (AvgIpc) is 2.49. The van der Waals surface area contributed by atoms with E-state index in [-0.39, 0.29) is 0 Å². The highest BCUT2D eigenvalue weighted by Crippen LogP contribution is 2.41. The van der Waals surface area contributed by atoms with Gasteiger partial charge in [0.2, 0.25) is 0 Å². The van der Waals surface area contributed by atoms with Crippen molar-refractivity contribution in [3.05, 3.63) is 67.5 Å². The maximum atomic E-state index is 6.39. The molecule has 0 aromatic heterocycles. The SMILES string of the molecule is Clc1cc(Br)c2c(ccc3ccc4c(Cl)ccc(Br)c4c32)c1. The van der Waals surface area contributed by atoms with Crippen molar-refractivity contribution in [2.24, 2.45) is 0 Å². The lowest BCUT2D eigenvalue weighted by atomic mass is 9.96. The molecule has 4 rings (SSSR count). The first-order chi connectivity index (χ1) is 10.6. The number of fused-ring (bicyclic) bond motifs is 5. The second-order valence-corrected chi connectivity index (χ2v) is 7.72. The highest BCUT2D eigenvalue weighted by atomic mass is 79.9. The molecule has 0 bridgehead atoms. The van der Waals surface area contributed by atoms with Gasteiger partial charge in [0.25, 0.3) is 0 Å². The van der Waals surface area contributed by atoms with E-state index in [4.69, 9.17) is 23.2 Å². The minimum Gasteiger partial charge on any atom is -0.0843 e. The third-order valence-electron chi connectivity index (χ3n) is 3.89. The van der Waals surface area contributed by atoms with Crippen molar-refractivity contribution in [1.29, 1.82) is 0 Å². The Balaban J connectivity index is 2.40. The molecule has 0 aliphatic heterocycles. The molecule has 0 saturated heterocycles. The van der Waals surface area contributed by atoms with E-state index < -0.39 is 0 Å². The van der Waals surface area contributed by atoms with Crippen LogP contribution in [0.3, 0.4) is 0 Å². The second-order valence-electron chi connectivity index (χ2n) is 5.17. The lowest BCUT2D eigenvalue weighted by molar-refractivity contribution is 1.72. The number of hydrogen-bond acceptors (Lipinski definition) is 0. The molecule has 4 aromatic carbocycles. The van der Waals surface area contributed by atoms with Gasteiger partial charge in [0.15, 0.2) is 0 Å². The minimum atomic E-state index is 0.719. The third-order valence-corrected chi connectivity index (χ3v) is 5.72. The van der Waals surface area contributed by atoms with Gasteiger partial charge in [0, 0.05) is 35.1 Å². The van der Waals surface area contributed by atoms with Gasteiger partial charge in [-0.1, -0.05) is 79.3 Å². The molecule has 22 heavy (non-hydrogen) atoms. The molecule has 0 N–H and O–H groups in total. The summed E-state index contributed by atoms with van der Waals surface area (Å²) in [4.78, 5) is 0. The van der Waals surface area contributed by atoms with Crippen molar-refractivity contribution in [2.75, 3.05) is 0 Å². The van der Waals surface area contributed by atoms with Crippen molar-refractivity contribution in [2.45, 2.75) is 0 Å². The van der Waals surface area contributed by atoms with Crippen LogP contribution in [-0.4, -0.2) is 0 Å². The van der Waals surface area contributed by atoms with Crippen LogP contribution < -0.4 is 0 Å². The maximum absolute atomic E-state index is 6.39. The summed E-state index contributed by atoms with van der Waals surface area (Å²) in [7, 11) is 0. The zero-order valence-electron chi connectivity index (χ0n) is 11.1. The van der Waals surface area contributed by atoms with Crippen molar-refractivity contribution in [3.63, 3.8) is 0 Å². The zero-order chi connectivity index (χ0) is 15.4. The molecule has 0 unspecified atom stereocenters. The molecule has 0 radical (unpaired) electrons. The van der Waals surface area contributed by atoms with Crippen LogP contribution in [0, 0.1) is 0 Å². The van der Waals surface area contributed by atoms with Crippen LogP contribution in [-0.2, 0) is 0 Å². The van der Waals surface area contributed by atoms with Gasteiger partial charge in [0.1, 0.15) is 0 Å². The van der Waals surface area contributed by atoms with Crippen LogP contribution in [0.5, 0.6) is 0 Å². The van der Waals surface area contributed by atoms with Crippen molar-refractivity contribution in [3.8, 4) is 0 Å². The summed E-state index contributed by atoms with van der Waals surface area (Å²) >= 11 is 19.9. The monoisotopic (exact) mass is 452 g/mol. The van der Waals surface area contributed by atoms with E-state index >= 15 is 0 Å². The maximum Gasteiger partial charge on any atom is 0.0485 e. The predicted octanol–water partition coefficient (Wildman–Crippen LogP) is 7.98. The summed E-state index contributed by atoms with van der Waals surface area (Å²) in [5, 5.41) is 8.23. The van der Waals surface area contributed by atoms with Gasteiger partial charge in [-0.15, -0.1) is 0 Å². The first-order valence-corrected chi connectivity index (χ1v) is 8.98. The summed E-state index contributed by atoms with van der Waals surface area (Å²) in [5.74, 6) is 0. The molecule has 108 valence electrons. The number of rotatable bonds is 0. The molecule has 0 saturated carbocycles. The Morgan fingerprint density at radius 1 is 0.636 bits per heavy atom. The molecule has 4 aromatic rings. The lowest BCUT2D eigenvalue weighted by Gasteiger charge is -2.12. The van der Waals surface area contributed by atoms with E-state index in [1.54, 1.807) is 0 Å². The topological polar surface area (TPSA) is 0 Å². The van der Waals surface area contributed by atoms with Gasteiger partial charge < -0.3 is 0 Å². The second kappa shape index (κ2) is 5.38. The fourth-order valence-corrected chi connectivity index (χ4v) is 4.76. The molecule has 0 fully saturated rings. The average molecular weight is 455 g/mol. The number of halogens is 4. The highest BCUT2D eigenvalue weighted by Gasteiger charge is 2.12. The van der Waals surface area contributed by atoms with E-state index in [9.17, 15) is 0 Å². The molecule has 0 heterocycles. The molecule has 0 amide bonds. The van der Waals surface area contributed by atoms with Gasteiger partial charge in [-0.2, -0.15) is 0 Å². The quantitative estimate of drug-likeness (QED) is 0.236. The standard InChI is InChI=1S/C18H8Br2Cl2/c19-13-5-6-15(22)12-4-3-9-1-2-10-7-11(21)8-14(20)16(10)17(9)18(12)13/h1-8H. The fourth-order valence-electron chi connectivity index (χ4n) is 2.96. The smallest absolute Gasteiger partial charge is 0.0485 e. The van der Waals surface area contributed by atoms with Crippen LogP contribution in [0.25, 0.3) is 32.3 Å². The normalized spacial score (nSPS) is 11.6. The Kier molecular flexibility index (Phi) is 3.61. The number of hydrogen-bond donors (Lipinski definition) is 0. The molecule has 0 spiro atoms. The van der Waals surface area contributed by atoms with E-state index in [2.05, 4.69) is 56.1 Å². The Bertz CT molecular complexity index is 1070. The van der Waals surface area contributed by atoms with E-state index in [0.29, 0.717) is 0 Å². The van der Waals surface area contributed by atoms with Gasteiger partial charge in [-0.05, 0) is 40.4 Å². The fraction of sp³-hybridized carbons (Fsp3) is 0. The molecule has 4 heteroatoms. The summed E-state index contributed by atoms with van der Waals surface area (Å²) in [6.07, 6.45) is 0. The first-order valence-electron chi connectivity index (χ1n) is 6.64. The van der Waals surface area contributed by atoms with E-state index in [1.165, 1.54) is 10.8 Å². The minimum absolute atomic E-state index is 0.719. The van der Waals surface area contributed by atoms with Crippen LogP contribution in [0.2, 0.25) is 10.0 Å². The van der Waals surface area contributed by atoms with Crippen molar-refractivity contribution in [1.82, 2.24) is 0 Å². The van der Waals surface area contributed by atoms with Gasteiger partial charge >= 0.3 is 0 Å². The Labute approximate surface area is 154 Å². The molecule has 0 aliphatic rings. The number of benzene rings is 4. The lowest BCUT2D eigenvalue weighted by Crippen LogP contribution is -1.85. The molecule has 0 atom stereocenters. The Morgan fingerprint density at radius 2 is 1.36 bits per heavy atom. The van der Waals surface area contributed by atoms with E-state index in [1.807, 2.05) is 24.3 Å². The van der Waals surface area contributed by atoms with Crippen LogP contribution in [0.15, 0.2) is 57.5 Å². The molecule has 0 nitrogen and oxygen atoms in total. The molecular formula is C18H8Br2Cl2.